The fourth-order valence-corrected chi connectivity index (χ4v) is 4.09. The Hall–Kier alpha value is -3.68. The number of hydrogen-bond acceptors (Lipinski definition) is 8. The SMILES string of the molecule is COc1ccc(C(=O)OCC(=O)/C(C#N)=C(/C)N)cc1S(=O)(=O)N(C)Cc1ccccc1. The van der Waals surface area contributed by atoms with Gasteiger partial charge < -0.3 is 15.2 Å². The Morgan fingerprint density at radius 3 is 2.38 bits per heavy atom. The van der Waals surface area contributed by atoms with Gasteiger partial charge in [0, 0.05) is 19.3 Å². The number of sulfonamides is 1. The van der Waals surface area contributed by atoms with Gasteiger partial charge in [-0.25, -0.2) is 13.2 Å². The summed E-state index contributed by atoms with van der Waals surface area (Å²) in [6.45, 7) is 0.778. The number of allylic oxidation sites excluding steroid dienone is 1. The molecule has 0 unspecified atom stereocenters. The number of nitrogens with zero attached hydrogens (tertiary/aromatic N) is 2. The zero-order chi connectivity index (χ0) is 23.9. The van der Waals surface area contributed by atoms with Crippen LogP contribution in [0.25, 0.3) is 0 Å². The van der Waals surface area contributed by atoms with Crippen molar-refractivity contribution in [3.05, 3.63) is 70.9 Å². The molecule has 0 heterocycles. The van der Waals surface area contributed by atoms with Crippen LogP contribution < -0.4 is 10.5 Å². The van der Waals surface area contributed by atoms with Crippen LogP contribution in [0.5, 0.6) is 5.75 Å². The van der Waals surface area contributed by atoms with Crippen molar-refractivity contribution in [2.45, 2.75) is 18.4 Å². The topological polar surface area (TPSA) is 140 Å². The summed E-state index contributed by atoms with van der Waals surface area (Å²) >= 11 is 0. The van der Waals surface area contributed by atoms with Crippen LogP contribution in [0.1, 0.15) is 22.8 Å². The maximum Gasteiger partial charge on any atom is 0.338 e. The summed E-state index contributed by atoms with van der Waals surface area (Å²) in [4.78, 5) is 24.2. The van der Waals surface area contributed by atoms with E-state index >= 15 is 0 Å². The molecule has 9 nitrogen and oxygen atoms in total. The maximum atomic E-state index is 13.1. The van der Waals surface area contributed by atoms with Crippen molar-refractivity contribution >= 4 is 21.8 Å². The van der Waals surface area contributed by atoms with Gasteiger partial charge in [-0.3, -0.25) is 4.79 Å². The lowest BCUT2D eigenvalue weighted by Gasteiger charge is -2.19. The predicted molar refractivity (Wildman–Crippen MR) is 116 cm³/mol. The van der Waals surface area contributed by atoms with Gasteiger partial charge in [-0.2, -0.15) is 9.57 Å². The monoisotopic (exact) mass is 457 g/mol. The first kappa shape index (κ1) is 24.6. The first-order valence-electron chi connectivity index (χ1n) is 9.36. The molecule has 0 aromatic heterocycles. The van der Waals surface area contributed by atoms with Gasteiger partial charge in [0.1, 0.15) is 22.3 Å². The van der Waals surface area contributed by atoms with Gasteiger partial charge in [0.25, 0.3) is 0 Å². The molecule has 0 radical (unpaired) electrons. The Morgan fingerprint density at radius 2 is 1.81 bits per heavy atom. The summed E-state index contributed by atoms with van der Waals surface area (Å²) in [6, 6.07) is 14.4. The van der Waals surface area contributed by atoms with E-state index in [0.29, 0.717) is 0 Å². The molecule has 0 aliphatic carbocycles. The maximum absolute atomic E-state index is 13.1. The minimum Gasteiger partial charge on any atom is -0.495 e. The summed E-state index contributed by atoms with van der Waals surface area (Å²) in [5, 5.41) is 8.96. The van der Waals surface area contributed by atoms with Crippen molar-refractivity contribution in [3.8, 4) is 11.8 Å². The van der Waals surface area contributed by atoms with Crippen molar-refractivity contribution in [3.63, 3.8) is 0 Å². The molecule has 0 atom stereocenters. The Bertz CT molecular complexity index is 1180. The summed E-state index contributed by atoms with van der Waals surface area (Å²) < 4.78 is 37.5. The van der Waals surface area contributed by atoms with Crippen molar-refractivity contribution in [2.75, 3.05) is 20.8 Å². The number of hydrogen-bond donors (Lipinski definition) is 1. The van der Waals surface area contributed by atoms with Gasteiger partial charge in [-0.05, 0) is 30.7 Å². The van der Waals surface area contributed by atoms with E-state index in [4.69, 9.17) is 20.5 Å². The number of Topliss-reactive ketones (excluding diaryl/α,β-unsaturated/α-hetero) is 1. The third kappa shape index (κ3) is 5.72. The van der Waals surface area contributed by atoms with Crippen LogP contribution in [0.4, 0.5) is 0 Å². The van der Waals surface area contributed by atoms with Crippen LogP contribution in [0.2, 0.25) is 0 Å². The molecule has 2 aromatic carbocycles. The summed E-state index contributed by atoms with van der Waals surface area (Å²) in [7, 11) is -1.30. The lowest BCUT2D eigenvalue weighted by Crippen LogP contribution is -2.27. The molecular formula is C22H23N3O6S. The lowest BCUT2D eigenvalue weighted by molar-refractivity contribution is -0.118. The number of carbonyl (C=O) groups excluding carboxylic acids is 2. The first-order valence-corrected chi connectivity index (χ1v) is 10.8. The van der Waals surface area contributed by atoms with E-state index in [1.807, 2.05) is 6.07 Å². The number of rotatable bonds is 9. The Morgan fingerprint density at radius 1 is 1.16 bits per heavy atom. The predicted octanol–water partition coefficient (Wildman–Crippen LogP) is 2.00. The summed E-state index contributed by atoms with van der Waals surface area (Å²) in [5.74, 6) is -1.65. The summed E-state index contributed by atoms with van der Waals surface area (Å²) in [6.07, 6.45) is 0. The number of methoxy groups -OCH3 is 1. The van der Waals surface area contributed by atoms with Crippen molar-refractivity contribution in [2.24, 2.45) is 5.73 Å². The Kier molecular flexibility index (Phi) is 8.12. The van der Waals surface area contributed by atoms with Crippen molar-refractivity contribution in [1.29, 1.82) is 5.26 Å². The molecule has 2 rings (SSSR count). The highest BCUT2D eigenvalue weighted by atomic mass is 32.2. The molecule has 0 fully saturated rings. The van der Waals surface area contributed by atoms with Crippen LogP contribution in [-0.4, -0.2) is 45.2 Å². The second-order valence-corrected chi connectivity index (χ2v) is 8.79. The number of nitriles is 1. The van der Waals surface area contributed by atoms with Crippen molar-refractivity contribution in [1.82, 2.24) is 4.31 Å². The second kappa shape index (κ2) is 10.6. The number of nitrogens with two attached hydrogens (primary N) is 1. The molecule has 32 heavy (non-hydrogen) atoms. The molecule has 0 saturated heterocycles. The van der Waals surface area contributed by atoms with Crippen LogP contribution in [0.15, 0.2) is 64.7 Å². The Balaban J connectivity index is 2.28. The number of carbonyl (C=O) groups is 2. The van der Waals surface area contributed by atoms with Gasteiger partial charge >= 0.3 is 5.97 Å². The standard InChI is InChI=1S/C22H23N3O6S/c1-15(24)18(12-23)19(26)14-31-22(27)17-9-10-20(30-3)21(11-17)32(28,29)25(2)13-16-7-5-4-6-8-16/h4-11H,13-14,24H2,1-3H3/b18-15-. The number of esters is 1. The third-order valence-corrected chi connectivity index (χ3v) is 6.28. The smallest absolute Gasteiger partial charge is 0.338 e. The lowest BCUT2D eigenvalue weighted by atomic mass is 10.1. The number of benzene rings is 2. The fourth-order valence-electron chi connectivity index (χ4n) is 2.76. The van der Waals surface area contributed by atoms with E-state index in [0.717, 1.165) is 15.9 Å². The molecule has 0 saturated carbocycles. The van der Waals surface area contributed by atoms with Crippen LogP contribution in [-0.2, 0) is 26.1 Å². The quantitative estimate of drug-likeness (QED) is 0.343. The molecule has 0 amide bonds. The molecule has 2 N–H and O–H groups in total. The van der Waals surface area contributed by atoms with E-state index in [1.54, 1.807) is 30.3 Å². The highest BCUT2D eigenvalue weighted by molar-refractivity contribution is 7.89. The second-order valence-electron chi connectivity index (χ2n) is 6.78. The molecule has 0 spiro atoms. The van der Waals surface area contributed by atoms with Gasteiger partial charge in [0.05, 0.1) is 12.7 Å². The van der Waals surface area contributed by atoms with E-state index in [2.05, 4.69) is 0 Å². The molecule has 168 valence electrons. The molecular weight excluding hydrogens is 434 g/mol. The van der Waals surface area contributed by atoms with Crippen LogP contribution in [0, 0.1) is 11.3 Å². The zero-order valence-corrected chi connectivity index (χ0v) is 18.7. The average molecular weight is 458 g/mol. The van der Waals surface area contributed by atoms with Gasteiger partial charge in [-0.15, -0.1) is 0 Å². The largest absolute Gasteiger partial charge is 0.495 e. The zero-order valence-electron chi connectivity index (χ0n) is 17.9. The van der Waals surface area contributed by atoms with Crippen LogP contribution >= 0.6 is 0 Å². The van der Waals surface area contributed by atoms with Gasteiger partial charge in [0.2, 0.25) is 15.8 Å². The average Bonchev–Trinajstić information content (AvgIpc) is 2.77. The molecule has 0 aliphatic heterocycles. The molecule has 0 bridgehead atoms. The van der Waals surface area contributed by atoms with Crippen molar-refractivity contribution < 1.29 is 27.5 Å². The Labute approximate surface area is 186 Å². The van der Waals surface area contributed by atoms with Crippen LogP contribution in [0.3, 0.4) is 0 Å². The normalized spacial score (nSPS) is 12.0. The molecule has 2 aromatic rings. The fraction of sp³-hybridized carbons (Fsp3) is 0.227. The van der Waals surface area contributed by atoms with E-state index in [-0.39, 0.29) is 34.0 Å². The van der Waals surface area contributed by atoms with E-state index in [9.17, 15) is 18.0 Å². The van der Waals surface area contributed by atoms with Gasteiger partial charge in [-0.1, -0.05) is 30.3 Å². The minimum absolute atomic E-state index is 0.00725. The summed E-state index contributed by atoms with van der Waals surface area (Å²) in [5.41, 5.74) is 5.84. The highest BCUT2D eigenvalue weighted by Crippen LogP contribution is 2.28. The highest BCUT2D eigenvalue weighted by Gasteiger charge is 2.27. The minimum atomic E-state index is -4.03. The molecule has 0 aliphatic rings. The van der Waals surface area contributed by atoms with Gasteiger partial charge in [0.15, 0.2) is 6.61 Å². The number of ketones is 1. The first-order chi connectivity index (χ1) is 15.1. The third-order valence-electron chi connectivity index (χ3n) is 4.45. The molecule has 10 heteroatoms. The number of ether oxygens (including phenoxy) is 2. The van der Waals surface area contributed by atoms with E-state index in [1.165, 1.54) is 33.2 Å². The van der Waals surface area contributed by atoms with E-state index < -0.39 is 28.4 Å².